The lowest BCUT2D eigenvalue weighted by Gasteiger charge is -2.22. The molecule has 0 rings (SSSR count). The maximum Gasteiger partial charge on any atom is 0.321 e. The second kappa shape index (κ2) is 3.56. The second-order valence-electron chi connectivity index (χ2n) is 2.99. The van der Waals surface area contributed by atoms with Crippen LogP contribution in [0.1, 0.15) is 13.8 Å². The Bertz CT molecular complexity index is 113. The first kappa shape index (κ1) is 9.43. The summed E-state index contributed by atoms with van der Waals surface area (Å²) in [5, 5.41) is 8.67. The van der Waals surface area contributed by atoms with Gasteiger partial charge in [0.15, 0.2) is 0 Å². The predicted octanol–water partition coefficient (Wildman–Crippen LogP) is 0.657. The summed E-state index contributed by atoms with van der Waals surface area (Å²) in [6.07, 6.45) is 0. The monoisotopic (exact) mass is 145 g/mol. The number of likely N-dealkylation sites (N-methyl/N-ethyl adjacent to an activating group) is 1. The predicted molar refractivity (Wildman–Crippen MR) is 39.9 cm³/mol. The minimum atomic E-state index is -0.750. The summed E-state index contributed by atoms with van der Waals surface area (Å²) in [5.41, 5.74) is 0. The topological polar surface area (TPSA) is 40.5 Å². The van der Waals surface area contributed by atoms with Crippen molar-refractivity contribution in [2.24, 2.45) is 5.92 Å². The zero-order valence-electron chi connectivity index (χ0n) is 6.96. The van der Waals surface area contributed by atoms with Gasteiger partial charge in [-0.05, 0) is 20.0 Å². The Kier molecular flexibility index (Phi) is 3.36. The van der Waals surface area contributed by atoms with Crippen LogP contribution < -0.4 is 0 Å². The number of aliphatic carboxylic acids is 1. The number of rotatable bonds is 3. The summed E-state index contributed by atoms with van der Waals surface area (Å²) < 4.78 is 0. The van der Waals surface area contributed by atoms with E-state index >= 15 is 0 Å². The molecule has 0 aliphatic carbocycles. The Hall–Kier alpha value is -0.570. The van der Waals surface area contributed by atoms with Crippen molar-refractivity contribution in [1.82, 2.24) is 4.90 Å². The van der Waals surface area contributed by atoms with Crippen LogP contribution in [-0.2, 0) is 4.79 Å². The molecule has 0 amide bonds. The number of carbonyl (C=O) groups is 1. The Morgan fingerprint density at radius 3 is 1.80 bits per heavy atom. The van der Waals surface area contributed by atoms with E-state index < -0.39 is 5.97 Å². The highest BCUT2D eigenvalue weighted by Crippen LogP contribution is 2.06. The van der Waals surface area contributed by atoms with Crippen molar-refractivity contribution in [3.63, 3.8) is 0 Å². The molecule has 60 valence electrons. The van der Waals surface area contributed by atoms with Crippen LogP contribution in [0.2, 0.25) is 0 Å². The van der Waals surface area contributed by atoms with Crippen LogP contribution in [0.3, 0.4) is 0 Å². The largest absolute Gasteiger partial charge is 0.480 e. The molecule has 10 heavy (non-hydrogen) atoms. The number of hydrogen-bond acceptors (Lipinski definition) is 2. The molecule has 0 saturated heterocycles. The molecule has 0 radical (unpaired) electrons. The molecule has 0 aromatic carbocycles. The molecule has 1 atom stereocenters. The number of hydrogen-bond donors (Lipinski definition) is 1. The fourth-order valence-corrected chi connectivity index (χ4v) is 1.10. The highest BCUT2D eigenvalue weighted by molar-refractivity contribution is 5.73. The van der Waals surface area contributed by atoms with E-state index in [1.54, 1.807) is 19.0 Å². The molecule has 0 saturated carbocycles. The molecule has 0 heterocycles. The molecule has 0 aromatic heterocycles. The Morgan fingerprint density at radius 1 is 1.40 bits per heavy atom. The normalized spacial score (nSPS) is 14.2. The molecule has 3 heteroatoms. The highest BCUT2D eigenvalue weighted by atomic mass is 16.4. The summed E-state index contributed by atoms with van der Waals surface area (Å²) in [4.78, 5) is 12.3. The van der Waals surface area contributed by atoms with Gasteiger partial charge in [-0.2, -0.15) is 0 Å². The van der Waals surface area contributed by atoms with Crippen molar-refractivity contribution >= 4 is 5.97 Å². The van der Waals surface area contributed by atoms with Crippen molar-refractivity contribution in [3.8, 4) is 0 Å². The summed E-state index contributed by atoms with van der Waals surface area (Å²) in [6, 6.07) is -0.361. The van der Waals surface area contributed by atoms with Gasteiger partial charge >= 0.3 is 5.97 Å². The number of carboxylic acids is 1. The van der Waals surface area contributed by atoms with Crippen molar-refractivity contribution < 1.29 is 9.90 Å². The summed E-state index contributed by atoms with van der Waals surface area (Å²) >= 11 is 0. The van der Waals surface area contributed by atoms with E-state index in [1.165, 1.54) is 0 Å². The lowest BCUT2D eigenvalue weighted by molar-refractivity contribution is -0.143. The first-order chi connectivity index (χ1) is 4.46. The summed E-state index contributed by atoms with van der Waals surface area (Å²) in [6.45, 7) is 3.80. The quantitative estimate of drug-likeness (QED) is 0.634. The van der Waals surface area contributed by atoms with Crippen LogP contribution in [0.15, 0.2) is 0 Å². The van der Waals surface area contributed by atoms with E-state index in [1.807, 2.05) is 13.8 Å². The van der Waals surface area contributed by atoms with Gasteiger partial charge in [0.25, 0.3) is 0 Å². The van der Waals surface area contributed by atoms with Gasteiger partial charge in [0.05, 0.1) is 0 Å². The van der Waals surface area contributed by atoms with E-state index in [-0.39, 0.29) is 12.0 Å². The standard InChI is InChI=1S/C7H15NO2/c1-5(2)6(7(9)10)8(3)4/h5-6H,1-4H3,(H,9,10). The molecule has 1 N–H and O–H groups in total. The number of carboxylic acid groups (broad SMARTS) is 1. The van der Waals surface area contributed by atoms with Gasteiger partial charge in [-0.3, -0.25) is 9.69 Å². The van der Waals surface area contributed by atoms with Crippen LogP contribution in [0.5, 0.6) is 0 Å². The molecule has 3 nitrogen and oxygen atoms in total. The molecule has 0 spiro atoms. The molecule has 0 aliphatic heterocycles. The lowest BCUT2D eigenvalue weighted by atomic mass is 10.0. The molecule has 0 aliphatic rings. The minimum Gasteiger partial charge on any atom is -0.480 e. The van der Waals surface area contributed by atoms with Crippen LogP contribution >= 0.6 is 0 Å². The highest BCUT2D eigenvalue weighted by Gasteiger charge is 2.22. The van der Waals surface area contributed by atoms with Gasteiger partial charge in [-0.25, -0.2) is 0 Å². The Balaban J connectivity index is 4.12. The van der Waals surface area contributed by atoms with Crippen molar-refractivity contribution in [2.45, 2.75) is 19.9 Å². The summed E-state index contributed by atoms with van der Waals surface area (Å²) in [5.74, 6) is -0.590. The fraction of sp³-hybridized carbons (Fsp3) is 0.857. The van der Waals surface area contributed by atoms with Crippen molar-refractivity contribution in [3.05, 3.63) is 0 Å². The molecule has 0 aromatic rings. The minimum absolute atomic E-state index is 0.160. The first-order valence-corrected chi connectivity index (χ1v) is 3.36. The van der Waals surface area contributed by atoms with E-state index in [2.05, 4.69) is 0 Å². The third-order valence-corrected chi connectivity index (χ3v) is 1.44. The van der Waals surface area contributed by atoms with Crippen LogP contribution in [0, 0.1) is 5.92 Å². The zero-order chi connectivity index (χ0) is 8.31. The lowest BCUT2D eigenvalue weighted by Crippen LogP contribution is -2.39. The van der Waals surface area contributed by atoms with Crippen LogP contribution in [0.4, 0.5) is 0 Å². The average molecular weight is 145 g/mol. The van der Waals surface area contributed by atoms with Gasteiger partial charge < -0.3 is 5.11 Å². The molecule has 0 bridgehead atoms. The van der Waals surface area contributed by atoms with Crippen molar-refractivity contribution in [2.75, 3.05) is 14.1 Å². The van der Waals surface area contributed by atoms with Gasteiger partial charge in [0.1, 0.15) is 6.04 Å². The van der Waals surface area contributed by atoms with Crippen LogP contribution in [-0.4, -0.2) is 36.1 Å². The van der Waals surface area contributed by atoms with Crippen LogP contribution in [0.25, 0.3) is 0 Å². The Labute approximate surface area is 61.6 Å². The van der Waals surface area contributed by atoms with E-state index in [9.17, 15) is 4.79 Å². The molecular formula is C7H15NO2. The van der Waals surface area contributed by atoms with Crippen molar-refractivity contribution in [1.29, 1.82) is 0 Å². The van der Waals surface area contributed by atoms with Gasteiger partial charge in [0, 0.05) is 0 Å². The van der Waals surface area contributed by atoms with E-state index in [4.69, 9.17) is 5.11 Å². The third kappa shape index (κ3) is 2.35. The van der Waals surface area contributed by atoms with Gasteiger partial charge in [-0.1, -0.05) is 13.8 Å². The SMILES string of the molecule is CC(C)C(C(=O)O)N(C)C. The molecule has 1 unspecified atom stereocenters. The maximum atomic E-state index is 10.5. The number of nitrogens with zero attached hydrogens (tertiary/aromatic N) is 1. The molecule has 0 fully saturated rings. The van der Waals surface area contributed by atoms with E-state index in [0.717, 1.165) is 0 Å². The smallest absolute Gasteiger partial charge is 0.321 e. The summed E-state index contributed by atoms with van der Waals surface area (Å²) in [7, 11) is 3.55. The van der Waals surface area contributed by atoms with Gasteiger partial charge in [0.2, 0.25) is 0 Å². The average Bonchev–Trinajstić information content (AvgIpc) is 1.59. The van der Waals surface area contributed by atoms with Gasteiger partial charge in [-0.15, -0.1) is 0 Å². The first-order valence-electron chi connectivity index (χ1n) is 3.36. The zero-order valence-corrected chi connectivity index (χ0v) is 6.96. The second-order valence-corrected chi connectivity index (χ2v) is 2.99. The maximum absolute atomic E-state index is 10.5. The van der Waals surface area contributed by atoms with E-state index in [0.29, 0.717) is 0 Å². The molecular weight excluding hydrogens is 130 g/mol. The Morgan fingerprint density at radius 2 is 1.80 bits per heavy atom. The fourth-order valence-electron chi connectivity index (χ4n) is 1.10. The third-order valence-electron chi connectivity index (χ3n) is 1.44.